The number of rotatable bonds is 2. The largest absolute Gasteiger partial charge is 0.351 e. The molecule has 3 N–H and O–H groups in total. The molecule has 0 unspecified atom stereocenters. The van der Waals surface area contributed by atoms with Crippen molar-refractivity contribution in [3.05, 3.63) is 24.9 Å². The van der Waals surface area contributed by atoms with Crippen molar-refractivity contribution in [3.8, 4) is 0 Å². The fourth-order valence-corrected chi connectivity index (χ4v) is 0.499. The fraction of sp³-hybridized carbons (Fsp3) is 0.143. The molecule has 0 saturated heterocycles. The van der Waals surface area contributed by atoms with E-state index in [4.69, 9.17) is 5.73 Å². The lowest BCUT2D eigenvalue weighted by molar-refractivity contribution is 0.253. The van der Waals surface area contributed by atoms with Crippen LogP contribution in [-0.4, -0.2) is 11.9 Å². The molecule has 0 aromatic heterocycles. The normalized spacial score (nSPS) is 11.5. The molecule has 0 aliphatic rings. The van der Waals surface area contributed by atoms with Crippen LogP contribution in [0.4, 0.5) is 4.79 Å². The molecule has 0 heterocycles. The minimum atomic E-state index is -0.635. The van der Waals surface area contributed by atoms with Crippen molar-refractivity contribution in [2.75, 3.05) is 0 Å². The molecule has 0 saturated carbocycles. The Morgan fingerprint density at radius 3 is 2.73 bits per heavy atom. The number of carbonyl (C=O) groups is 1. The predicted molar refractivity (Wildman–Crippen MR) is 45.2 cm³/mol. The Balaban J connectivity index is 4.22. The molecule has 0 rings (SSSR count). The summed E-state index contributed by atoms with van der Waals surface area (Å²) in [6.07, 6.45) is 4.68. The summed E-state index contributed by atoms with van der Waals surface area (Å²) < 4.78 is 0. The van der Waals surface area contributed by atoms with Crippen molar-refractivity contribution in [3.63, 3.8) is 0 Å². The van der Waals surface area contributed by atoms with Gasteiger partial charge in [-0.05, 0) is 13.0 Å². The minimum Gasteiger partial charge on any atom is -0.351 e. The van der Waals surface area contributed by atoms with Crippen LogP contribution in [0.15, 0.2) is 29.9 Å². The summed E-state index contributed by atoms with van der Waals surface area (Å²) in [6, 6.07) is -0.635. The van der Waals surface area contributed by atoms with Crippen LogP contribution in [0, 0.1) is 0 Å². The van der Waals surface area contributed by atoms with Gasteiger partial charge in [0.15, 0.2) is 0 Å². The van der Waals surface area contributed by atoms with E-state index in [0.717, 1.165) is 0 Å². The molecule has 0 spiro atoms. The number of allylic oxidation sites excluding steroid dienone is 1. The quantitative estimate of drug-likeness (QED) is 0.446. The van der Waals surface area contributed by atoms with E-state index in [-0.39, 0.29) is 0 Å². The smallest absolute Gasteiger partial charge is 0.317 e. The fourth-order valence-electron chi connectivity index (χ4n) is 0.499. The number of hydrogen-bond acceptors (Lipinski definition) is 2. The second-order valence-electron chi connectivity index (χ2n) is 1.69. The van der Waals surface area contributed by atoms with Crippen LogP contribution < -0.4 is 11.1 Å². The van der Waals surface area contributed by atoms with Gasteiger partial charge in [-0.25, -0.2) is 9.79 Å². The molecule has 4 nitrogen and oxygen atoms in total. The third-order valence-electron chi connectivity index (χ3n) is 0.806. The highest BCUT2D eigenvalue weighted by atomic mass is 16.2. The Morgan fingerprint density at radius 2 is 2.36 bits per heavy atom. The van der Waals surface area contributed by atoms with Crippen LogP contribution in [0.3, 0.4) is 0 Å². The standard InChI is InChI=1S/C7H11N3O/c1-3-5-6(9-4-2)10-7(8)11/h3-5H,2H2,1H3,(H3,8,9,10,11)/b5-3-. The molecular weight excluding hydrogens is 142 g/mol. The molecule has 0 atom stereocenters. The number of amides is 2. The van der Waals surface area contributed by atoms with Gasteiger partial charge in [0.05, 0.1) is 0 Å². The Labute approximate surface area is 65.5 Å². The molecule has 2 amide bonds. The highest BCUT2D eigenvalue weighted by molar-refractivity contribution is 6.03. The SMILES string of the molecule is C=CN=C(/C=C\C)NC(N)=O. The number of urea groups is 1. The molecule has 0 aromatic carbocycles. The first-order chi connectivity index (χ1) is 5.20. The van der Waals surface area contributed by atoms with Gasteiger partial charge in [0, 0.05) is 6.20 Å². The van der Waals surface area contributed by atoms with Crippen molar-refractivity contribution in [2.24, 2.45) is 10.7 Å². The number of nitrogens with two attached hydrogens (primary N) is 1. The van der Waals surface area contributed by atoms with Gasteiger partial charge in [0.2, 0.25) is 0 Å². The number of nitrogens with one attached hydrogen (secondary N) is 1. The number of carbonyl (C=O) groups excluding carboxylic acids is 1. The number of amidine groups is 1. The number of hydrogen-bond donors (Lipinski definition) is 2. The second kappa shape index (κ2) is 5.22. The van der Waals surface area contributed by atoms with Gasteiger partial charge >= 0.3 is 6.03 Å². The van der Waals surface area contributed by atoms with Gasteiger partial charge in [0.25, 0.3) is 0 Å². The monoisotopic (exact) mass is 153 g/mol. The van der Waals surface area contributed by atoms with Crippen LogP contribution in [0.1, 0.15) is 6.92 Å². The van der Waals surface area contributed by atoms with Crippen LogP contribution >= 0.6 is 0 Å². The van der Waals surface area contributed by atoms with Gasteiger partial charge < -0.3 is 5.73 Å². The van der Waals surface area contributed by atoms with E-state index in [1.807, 2.05) is 0 Å². The third kappa shape index (κ3) is 4.90. The lowest BCUT2D eigenvalue weighted by atomic mass is 10.5. The van der Waals surface area contributed by atoms with Gasteiger partial charge in [-0.3, -0.25) is 5.32 Å². The van der Waals surface area contributed by atoms with Crippen molar-refractivity contribution in [1.29, 1.82) is 0 Å². The highest BCUT2D eigenvalue weighted by Crippen LogP contribution is 1.79. The summed E-state index contributed by atoms with van der Waals surface area (Å²) in [7, 11) is 0. The molecule has 11 heavy (non-hydrogen) atoms. The van der Waals surface area contributed by atoms with Crippen LogP contribution in [0.2, 0.25) is 0 Å². The average Bonchev–Trinajstić information content (AvgIpc) is 1.87. The zero-order chi connectivity index (χ0) is 8.69. The molecule has 0 aromatic rings. The lowest BCUT2D eigenvalue weighted by Gasteiger charge is -1.97. The summed E-state index contributed by atoms with van der Waals surface area (Å²) in [4.78, 5) is 14.1. The molecule has 60 valence electrons. The maximum atomic E-state index is 10.3. The number of primary amides is 1. The van der Waals surface area contributed by atoms with E-state index < -0.39 is 6.03 Å². The summed E-state index contributed by atoms with van der Waals surface area (Å²) in [5.74, 6) is 0.384. The van der Waals surface area contributed by atoms with E-state index in [1.54, 1.807) is 19.1 Å². The van der Waals surface area contributed by atoms with Gasteiger partial charge in [-0.15, -0.1) is 0 Å². The molecule has 0 radical (unpaired) electrons. The first-order valence-electron chi connectivity index (χ1n) is 3.08. The van der Waals surface area contributed by atoms with E-state index in [1.165, 1.54) is 6.20 Å². The van der Waals surface area contributed by atoms with Crippen LogP contribution in [0.25, 0.3) is 0 Å². The van der Waals surface area contributed by atoms with Gasteiger partial charge in [-0.2, -0.15) is 0 Å². The van der Waals surface area contributed by atoms with E-state index in [9.17, 15) is 4.79 Å². The van der Waals surface area contributed by atoms with Crippen molar-refractivity contribution >= 4 is 11.9 Å². The third-order valence-corrected chi connectivity index (χ3v) is 0.806. The van der Waals surface area contributed by atoms with Crippen molar-refractivity contribution in [2.45, 2.75) is 6.92 Å². The van der Waals surface area contributed by atoms with Crippen LogP contribution in [-0.2, 0) is 0 Å². The highest BCUT2D eigenvalue weighted by Gasteiger charge is 1.93. The topological polar surface area (TPSA) is 67.5 Å². The zero-order valence-electron chi connectivity index (χ0n) is 6.37. The maximum Gasteiger partial charge on any atom is 0.317 e. The average molecular weight is 153 g/mol. The Kier molecular flexibility index (Phi) is 4.47. The lowest BCUT2D eigenvalue weighted by Crippen LogP contribution is -2.33. The molecule has 0 bridgehead atoms. The summed E-state index contributed by atoms with van der Waals surface area (Å²) in [5, 5.41) is 2.31. The van der Waals surface area contributed by atoms with Gasteiger partial charge in [0.1, 0.15) is 5.84 Å². The zero-order valence-corrected chi connectivity index (χ0v) is 6.37. The molecule has 0 aliphatic carbocycles. The Hall–Kier alpha value is -1.58. The molecule has 4 heteroatoms. The summed E-state index contributed by atoms with van der Waals surface area (Å²) in [5.41, 5.74) is 4.85. The van der Waals surface area contributed by atoms with E-state index in [2.05, 4.69) is 16.9 Å². The Morgan fingerprint density at radius 1 is 1.73 bits per heavy atom. The minimum absolute atomic E-state index is 0.384. The van der Waals surface area contributed by atoms with Gasteiger partial charge in [-0.1, -0.05) is 12.7 Å². The first kappa shape index (κ1) is 9.42. The van der Waals surface area contributed by atoms with Crippen LogP contribution in [0.5, 0.6) is 0 Å². The first-order valence-corrected chi connectivity index (χ1v) is 3.08. The molecule has 0 fully saturated rings. The van der Waals surface area contributed by atoms with E-state index >= 15 is 0 Å². The molecular formula is C7H11N3O. The number of aliphatic imine (C=N–C) groups is 1. The summed E-state index contributed by atoms with van der Waals surface area (Å²) >= 11 is 0. The summed E-state index contributed by atoms with van der Waals surface area (Å²) in [6.45, 7) is 5.18. The van der Waals surface area contributed by atoms with E-state index in [0.29, 0.717) is 5.84 Å². The second-order valence-corrected chi connectivity index (χ2v) is 1.69. The predicted octanol–water partition coefficient (Wildman–Crippen LogP) is 0.773. The Bertz CT molecular complexity index is 206. The van der Waals surface area contributed by atoms with Crippen molar-refractivity contribution < 1.29 is 4.79 Å². The molecule has 0 aliphatic heterocycles. The maximum absolute atomic E-state index is 10.3. The number of nitrogens with zero attached hydrogens (tertiary/aromatic N) is 1. The van der Waals surface area contributed by atoms with Crippen molar-refractivity contribution in [1.82, 2.24) is 5.32 Å².